The molecule has 0 fully saturated rings. The summed E-state index contributed by atoms with van der Waals surface area (Å²) in [6.45, 7) is 2.15. The minimum atomic E-state index is -0.602. The van der Waals surface area contributed by atoms with Crippen LogP contribution in [0.3, 0.4) is 0 Å². The molecule has 0 saturated carbocycles. The molecule has 7 heteroatoms. The van der Waals surface area contributed by atoms with Crippen LogP contribution in [0.4, 0.5) is 11.6 Å². The van der Waals surface area contributed by atoms with Crippen LogP contribution < -0.4 is 9.64 Å². The standard InChI is InChI=1S/C16H15N3O4/c1-2-12-16(20)18(10-11-6-4-3-5-7-11)15-13(23-12)8-9-14(17-15)19(21)22/h3-9,12H,2,10H2,1H3. The summed E-state index contributed by atoms with van der Waals surface area (Å²) in [6.07, 6.45) is -0.0879. The molecule has 23 heavy (non-hydrogen) atoms. The Morgan fingerprint density at radius 3 is 2.65 bits per heavy atom. The Morgan fingerprint density at radius 1 is 1.26 bits per heavy atom. The zero-order chi connectivity index (χ0) is 16.4. The monoisotopic (exact) mass is 313 g/mol. The topological polar surface area (TPSA) is 85.6 Å². The number of hydrogen-bond acceptors (Lipinski definition) is 5. The molecule has 1 aliphatic heterocycles. The van der Waals surface area contributed by atoms with Gasteiger partial charge in [-0.3, -0.25) is 9.69 Å². The van der Waals surface area contributed by atoms with E-state index >= 15 is 0 Å². The second kappa shape index (κ2) is 6.04. The first-order valence-electron chi connectivity index (χ1n) is 7.27. The highest BCUT2D eigenvalue weighted by Gasteiger charge is 2.38. The Balaban J connectivity index is 2.03. The van der Waals surface area contributed by atoms with E-state index in [1.165, 1.54) is 17.0 Å². The number of anilines is 1. The van der Waals surface area contributed by atoms with E-state index in [-0.39, 0.29) is 17.5 Å². The molecular formula is C16H15N3O4. The number of hydrogen-bond donors (Lipinski definition) is 0. The van der Waals surface area contributed by atoms with Crippen LogP contribution in [0.2, 0.25) is 0 Å². The van der Waals surface area contributed by atoms with Crippen molar-refractivity contribution in [2.45, 2.75) is 26.0 Å². The lowest BCUT2D eigenvalue weighted by Gasteiger charge is -2.30. The highest BCUT2D eigenvalue weighted by Crippen LogP contribution is 2.35. The normalized spacial score (nSPS) is 16.7. The second-order valence-electron chi connectivity index (χ2n) is 5.17. The van der Waals surface area contributed by atoms with Crippen molar-refractivity contribution in [1.29, 1.82) is 0 Å². The maximum absolute atomic E-state index is 12.6. The van der Waals surface area contributed by atoms with Gasteiger partial charge in [0.25, 0.3) is 11.7 Å². The number of fused-ring (bicyclic) bond motifs is 1. The highest BCUT2D eigenvalue weighted by atomic mass is 16.6. The van der Waals surface area contributed by atoms with E-state index in [1.54, 1.807) is 0 Å². The number of pyridine rings is 1. The van der Waals surface area contributed by atoms with Crippen LogP contribution in [0.25, 0.3) is 0 Å². The molecule has 118 valence electrons. The van der Waals surface area contributed by atoms with E-state index in [0.29, 0.717) is 18.7 Å². The predicted octanol–water partition coefficient (Wildman–Crippen LogP) is 2.69. The van der Waals surface area contributed by atoms with Crippen LogP contribution in [-0.4, -0.2) is 21.9 Å². The molecule has 1 unspecified atom stereocenters. The summed E-state index contributed by atoms with van der Waals surface area (Å²) in [6, 6.07) is 12.2. The van der Waals surface area contributed by atoms with Crippen molar-refractivity contribution < 1.29 is 14.5 Å². The number of nitrogens with zero attached hydrogens (tertiary/aromatic N) is 3. The van der Waals surface area contributed by atoms with Crippen molar-refractivity contribution in [2.75, 3.05) is 4.90 Å². The Morgan fingerprint density at radius 2 is 2.00 bits per heavy atom. The van der Waals surface area contributed by atoms with Crippen LogP contribution in [0.1, 0.15) is 18.9 Å². The number of nitro groups is 1. The molecule has 1 aromatic carbocycles. The molecular weight excluding hydrogens is 298 g/mol. The predicted molar refractivity (Wildman–Crippen MR) is 83.2 cm³/mol. The largest absolute Gasteiger partial charge is 0.474 e. The van der Waals surface area contributed by atoms with Gasteiger partial charge in [0.1, 0.15) is 0 Å². The molecule has 1 aromatic heterocycles. The molecule has 0 aliphatic carbocycles. The molecule has 1 amide bonds. The SMILES string of the molecule is CCC1Oc2ccc([N+](=O)[O-])nc2N(Cc2ccccc2)C1=O. The molecule has 0 spiro atoms. The number of aromatic nitrogens is 1. The molecule has 7 nitrogen and oxygen atoms in total. The van der Waals surface area contributed by atoms with Crippen LogP contribution in [0.5, 0.6) is 5.75 Å². The third-order valence-corrected chi connectivity index (χ3v) is 3.63. The molecule has 1 aliphatic rings. The first-order valence-corrected chi connectivity index (χ1v) is 7.27. The fourth-order valence-electron chi connectivity index (χ4n) is 2.47. The third kappa shape index (κ3) is 2.85. The molecule has 3 rings (SSSR count). The van der Waals surface area contributed by atoms with Gasteiger partial charge in [-0.15, -0.1) is 0 Å². The second-order valence-corrected chi connectivity index (χ2v) is 5.17. The summed E-state index contributed by atoms with van der Waals surface area (Å²) >= 11 is 0. The number of amides is 1. The number of benzene rings is 1. The number of carbonyl (C=O) groups is 1. The molecule has 0 N–H and O–H groups in total. The Labute approximate surface area is 132 Å². The van der Waals surface area contributed by atoms with Gasteiger partial charge in [0.15, 0.2) is 11.9 Å². The number of carbonyl (C=O) groups excluding carboxylic acids is 1. The Hall–Kier alpha value is -2.96. The van der Waals surface area contributed by atoms with Gasteiger partial charge in [-0.2, -0.15) is 0 Å². The minimum Gasteiger partial charge on any atom is -0.474 e. The molecule has 0 saturated heterocycles. The molecule has 2 heterocycles. The van der Waals surface area contributed by atoms with Gasteiger partial charge in [-0.25, -0.2) is 0 Å². The van der Waals surface area contributed by atoms with E-state index in [9.17, 15) is 14.9 Å². The maximum atomic E-state index is 12.6. The van der Waals surface area contributed by atoms with Gasteiger partial charge < -0.3 is 14.9 Å². The maximum Gasteiger partial charge on any atom is 0.366 e. The van der Waals surface area contributed by atoms with E-state index in [0.717, 1.165) is 5.56 Å². The fourth-order valence-corrected chi connectivity index (χ4v) is 2.47. The average Bonchev–Trinajstić information content (AvgIpc) is 2.57. The number of ether oxygens (including phenoxy) is 1. The Bertz CT molecular complexity index is 748. The average molecular weight is 313 g/mol. The van der Waals surface area contributed by atoms with E-state index in [2.05, 4.69) is 4.98 Å². The first-order chi connectivity index (χ1) is 11.1. The molecule has 1 atom stereocenters. The summed E-state index contributed by atoms with van der Waals surface area (Å²) in [7, 11) is 0. The highest BCUT2D eigenvalue weighted by molar-refractivity contribution is 5.99. The molecule has 2 aromatic rings. The van der Waals surface area contributed by atoms with E-state index in [1.807, 2.05) is 37.3 Å². The lowest BCUT2D eigenvalue weighted by atomic mass is 10.1. The Kier molecular flexibility index (Phi) is 3.92. The summed E-state index contributed by atoms with van der Waals surface area (Å²) < 4.78 is 5.62. The van der Waals surface area contributed by atoms with Gasteiger partial charge in [0, 0.05) is 6.07 Å². The third-order valence-electron chi connectivity index (χ3n) is 3.63. The van der Waals surface area contributed by atoms with Crippen LogP contribution >= 0.6 is 0 Å². The van der Waals surface area contributed by atoms with Crippen molar-refractivity contribution in [3.8, 4) is 5.75 Å². The first kappa shape index (κ1) is 15.0. The minimum absolute atomic E-state index is 0.192. The van der Waals surface area contributed by atoms with Crippen molar-refractivity contribution >= 4 is 17.5 Å². The molecule has 0 radical (unpaired) electrons. The van der Waals surface area contributed by atoms with E-state index < -0.39 is 11.0 Å². The van der Waals surface area contributed by atoms with Crippen molar-refractivity contribution in [3.63, 3.8) is 0 Å². The van der Waals surface area contributed by atoms with Crippen LogP contribution in [0.15, 0.2) is 42.5 Å². The van der Waals surface area contributed by atoms with Gasteiger partial charge in [-0.05, 0) is 28.0 Å². The zero-order valence-corrected chi connectivity index (χ0v) is 12.5. The molecule has 0 bridgehead atoms. The summed E-state index contributed by atoms with van der Waals surface area (Å²) in [5, 5.41) is 11.0. The van der Waals surface area contributed by atoms with Crippen molar-refractivity contribution in [1.82, 2.24) is 4.98 Å². The summed E-state index contributed by atoms with van der Waals surface area (Å²) in [5.74, 6) is 0.0285. The van der Waals surface area contributed by atoms with Crippen LogP contribution in [-0.2, 0) is 11.3 Å². The quantitative estimate of drug-likeness (QED) is 0.640. The van der Waals surface area contributed by atoms with Gasteiger partial charge in [0.05, 0.1) is 6.54 Å². The van der Waals surface area contributed by atoms with Gasteiger partial charge in [0.2, 0.25) is 0 Å². The summed E-state index contributed by atoms with van der Waals surface area (Å²) in [4.78, 5) is 28.4. The summed E-state index contributed by atoms with van der Waals surface area (Å²) in [5.41, 5.74) is 0.914. The van der Waals surface area contributed by atoms with Crippen molar-refractivity contribution in [2.24, 2.45) is 0 Å². The van der Waals surface area contributed by atoms with Crippen molar-refractivity contribution in [3.05, 3.63) is 58.1 Å². The lowest BCUT2D eigenvalue weighted by molar-refractivity contribution is -0.389. The van der Waals surface area contributed by atoms with E-state index in [4.69, 9.17) is 4.74 Å². The van der Waals surface area contributed by atoms with Crippen LogP contribution in [0, 0.1) is 10.1 Å². The van der Waals surface area contributed by atoms with Gasteiger partial charge >= 0.3 is 5.82 Å². The van der Waals surface area contributed by atoms with Gasteiger partial charge in [-0.1, -0.05) is 37.3 Å². The number of rotatable bonds is 4. The fraction of sp³-hybridized carbons (Fsp3) is 0.250. The lowest BCUT2D eigenvalue weighted by Crippen LogP contribution is -2.45. The smallest absolute Gasteiger partial charge is 0.366 e. The zero-order valence-electron chi connectivity index (χ0n) is 12.5.